The second-order valence-electron chi connectivity index (χ2n) is 7.71. The lowest BCUT2D eigenvalue weighted by atomic mass is 10.1. The van der Waals surface area contributed by atoms with Crippen LogP contribution in [-0.4, -0.2) is 38.6 Å². The van der Waals surface area contributed by atoms with E-state index in [1.165, 1.54) is 0 Å². The van der Waals surface area contributed by atoms with Crippen LogP contribution in [0.1, 0.15) is 41.6 Å². The van der Waals surface area contributed by atoms with E-state index in [-0.39, 0.29) is 17.9 Å². The normalized spacial score (nSPS) is 15.0. The minimum atomic E-state index is -0.119. The van der Waals surface area contributed by atoms with E-state index in [1.54, 1.807) is 19.2 Å². The van der Waals surface area contributed by atoms with Gasteiger partial charge in [-0.1, -0.05) is 25.0 Å². The molecule has 2 amide bonds. The lowest BCUT2D eigenvalue weighted by Crippen LogP contribution is -3.08. The lowest BCUT2D eigenvalue weighted by molar-refractivity contribution is -0.885. The third kappa shape index (κ3) is 6.06. The Bertz CT molecular complexity index is 830. The molecule has 0 aromatic heterocycles. The minimum absolute atomic E-state index is 0.114. The molecule has 0 heterocycles. The average molecular weight is 397 g/mol. The number of rotatable bonds is 8. The smallest absolute Gasteiger partial charge is 0.279 e. The summed E-state index contributed by atoms with van der Waals surface area (Å²) >= 11 is 0. The SMILES string of the molecule is COc1ccc(C[NH+](C)CC(=O)Nc2ccccc2C(=O)NC2CCCC2)cc1. The van der Waals surface area contributed by atoms with Crippen LogP contribution in [0.3, 0.4) is 0 Å². The maximum absolute atomic E-state index is 12.6. The van der Waals surface area contributed by atoms with Gasteiger partial charge >= 0.3 is 0 Å². The molecule has 0 spiro atoms. The van der Waals surface area contributed by atoms with Gasteiger partial charge in [-0.3, -0.25) is 9.59 Å². The Morgan fingerprint density at radius 1 is 1.07 bits per heavy atom. The molecule has 3 N–H and O–H groups in total. The van der Waals surface area contributed by atoms with Crippen LogP contribution in [0.25, 0.3) is 0 Å². The van der Waals surface area contributed by atoms with Gasteiger partial charge in [-0.05, 0) is 49.2 Å². The number of carbonyl (C=O) groups is 2. The number of hydrogen-bond donors (Lipinski definition) is 3. The Balaban J connectivity index is 1.56. The second-order valence-corrected chi connectivity index (χ2v) is 7.71. The van der Waals surface area contributed by atoms with Gasteiger partial charge in [0.05, 0.1) is 25.4 Å². The van der Waals surface area contributed by atoms with Gasteiger partial charge in [0.15, 0.2) is 6.54 Å². The Kier molecular flexibility index (Phi) is 7.25. The molecular weight excluding hydrogens is 366 g/mol. The first-order valence-electron chi connectivity index (χ1n) is 10.2. The van der Waals surface area contributed by atoms with Gasteiger partial charge in [0.25, 0.3) is 11.8 Å². The van der Waals surface area contributed by atoms with Crippen molar-refractivity contribution in [3.63, 3.8) is 0 Å². The third-order valence-corrected chi connectivity index (χ3v) is 5.26. The van der Waals surface area contributed by atoms with Crippen molar-refractivity contribution in [3.05, 3.63) is 59.7 Å². The van der Waals surface area contributed by atoms with E-state index in [0.29, 0.717) is 17.8 Å². The summed E-state index contributed by atoms with van der Waals surface area (Å²) in [6.45, 7) is 1.03. The summed E-state index contributed by atoms with van der Waals surface area (Å²) in [7, 11) is 3.62. The fourth-order valence-electron chi connectivity index (χ4n) is 3.75. The zero-order chi connectivity index (χ0) is 20.6. The molecule has 1 fully saturated rings. The quantitative estimate of drug-likeness (QED) is 0.639. The molecule has 1 atom stereocenters. The number of ether oxygens (including phenoxy) is 1. The van der Waals surface area contributed by atoms with Gasteiger partial charge in [0.1, 0.15) is 12.3 Å². The van der Waals surface area contributed by atoms with E-state index < -0.39 is 0 Å². The standard InChI is InChI=1S/C23H29N3O3/c1-26(15-17-11-13-19(29-2)14-12-17)16-22(27)25-21-10-6-5-9-20(21)23(28)24-18-7-3-4-8-18/h5-6,9-14,18H,3-4,7-8,15-16H2,1-2H3,(H,24,28)(H,25,27)/p+1. The number of hydrogen-bond acceptors (Lipinski definition) is 3. The van der Waals surface area contributed by atoms with Crippen molar-refractivity contribution in [2.24, 2.45) is 0 Å². The molecule has 1 saturated carbocycles. The summed E-state index contributed by atoms with van der Waals surface area (Å²) in [6.07, 6.45) is 4.37. The van der Waals surface area contributed by atoms with Crippen LogP contribution in [0, 0.1) is 0 Å². The topological polar surface area (TPSA) is 71.9 Å². The lowest BCUT2D eigenvalue weighted by Gasteiger charge is -2.17. The fraction of sp³-hybridized carbons (Fsp3) is 0.391. The van der Waals surface area contributed by atoms with Gasteiger partial charge in [0.2, 0.25) is 0 Å². The van der Waals surface area contributed by atoms with Gasteiger partial charge < -0.3 is 20.3 Å². The predicted octanol–water partition coefficient (Wildman–Crippen LogP) is 2.02. The number of nitrogens with one attached hydrogen (secondary N) is 3. The van der Waals surface area contributed by atoms with Crippen LogP contribution in [0.15, 0.2) is 48.5 Å². The molecule has 0 bridgehead atoms. The molecule has 6 nitrogen and oxygen atoms in total. The zero-order valence-corrected chi connectivity index (χ0v) is 17.2. The monoisotopic (exact) mass is 396 g/mol. The summed E-state index contributed by atoms with van der Waals surface area (Å²) in [5.74, 6) is 0.584. The Hall–Kier alpha value is -2.86. The van der Waals surface area contributed by atoms with Crippen LogP contribution in [0.5, 0.6) is 5.75 Å². The summed E-state index contributed by atoms with van der Waals surface area (Å²) in [5.41, 5.74) is 2.21. The maximum atomic E-state index is 12.6. The van der Waals surface area contributed by atoms with Crippen LogP contribution < -0.4 is 20.3 Å². The van der Waals surface area contributed by atoms with E-state index in [2.05, 4.69) is 10.6 Å². The highest BCUT2D eigenvalue weighted by atomic mass is 16.5. The molecule has 0 aliphatic heterocycles. The first-order valence-corrected chi connectivity index (χ1v) is 10.2. The number of anilines is 1. The predicted molar refractivity (Wildman–Crippen MR) is 113 cm³/mol. The van der Waals surface area contributed by atoms with Crippen LogP contribution >= 0.6 is 0 Å². The molecule has 154 valence electrons. The minimum Gasteiger partial charge on any atom is -0.497 e. The third-order valence-electron chi connectivity index (χ3n) is 5.26. The van der Waals surface area contributed by atoms with E-state index >= 15 is 0 Å². The first kappa shape index (κ1) is 20.9. The number of quaternary nitrogens is 1. The zero-order valence-electron chi connectivity index (χ0n) is 17.2. The van der Waals surface area contributed by atoms with Crippen LogP contribution in [0.4, 0.5) is 5.69 Å². The molecule has 0 saturated heterocycles. The Morgan fingerprint density at radius 2 is 1.76 bits per heavy atom. The molecule has 2 aromatic rings. The van der Waals surface area contributed by atoms with Crippen LogP contribution in [-0.2, 0) is 11.3 Å². The summed E-state index contributed by atoms with van der Waals surface area (Å²) in [5, 5.41) is 6.00. The van der Waals surface area contributed by atoms with Gasteiger partial charge in [-0.15, -0.1) is 0 Å². The summed E-state index contributed by atoms with van der Waals surface area (Å²) < 4.78 is 5.17. The van der Waals surface area contributed by atoms with E-state index in [9.17, 15) is 9.59 Å². The van der Waals surface area contributed by atoms with Gasteiger partial charge in [-0.2, -0.15) is 0 Å². The Labute approximate surface area is 172 Å². The summed E-state index contributed by atoms with van der Waals surface area (Å²) in [4.78, 5) is 26.2. The van der Waals surface area contributed by atoms with E-state index in [4.69, 9.17) is 4.74 Å². The molecule has 2 aromatic carbocycles. The van der Waals surface area contributed by atoms with Gasteiger partial charge in [-0.25, -0.2) is 0 Å². The summed E-state index contributed by atoms with van der Waals surface area (Å²) in [6, 6.07) is 15.3. The number of carbonyl (C=O) groups excluding carboxylic acids is 2. The highest BCUT2D eigenvalue weighted by Gasteiger charge is 2.20. The van der Waals surface area contributed by atoms with Crippen molar-refractivity contribution in [2.75, 3.05) is 26.0 Å². The largest absolute Gasteiger partial charge is 0.497 e. The average Bonchev–Trinajstić information content (AvgIpc) is 3.21. The molecule has 1 unspecified atom stereocenters. The number of benzene rings is 2. The van der Waals surface area contributed by atoms with Crippen molar-refractivity contribution < 1.29 is 19.2 Å². The van der Waals surface area contributed by atoms with Crippen molar-refractivity contribution in [1.29, 1.82) is 0 Å². The van der Waals surface area contributed by atoms with E-state index in [1.807, 2.05) is 43.4 Å². The van der Waals surface area contributed by atoms with Crippen molar-refractivity contribution in [2.45, 2.75) is 38.3 Å². The number of para-hydroxylation sites is 1. The Morgan fingerprint density at radius 3 is 2.45 bits per heavy atom. The molecule has 1 aliphatic rings. The van der Waals surface area contributed by atoms with Crippen molar-refractivity contribution in [1.82, 2.24) is 5.32 Å². The molecule has 3 rings (SSSR count). The van der Waals surface area contributed by atoms with Crippen molar-refractivity contribution in [3.8, 4) is 5.75 Å². The van der Waals surface area contributed by atoms with E-state index in [0.717, 1.165) is 48.4 Å². The highest BCUT2D eigenvalue weighted by molar-refractivity contribution is 6.04. The molecular formula is C23H30N3O3+. The molecule has 29 heavy (non-hydrogen) atoms. The number of amides is 2. The second kappa shape index (κ2) is 10.1. The molecule has 1 aliphatic carbocycles. The highest BCUT2D eigenvalue weighted by Crippen LogP contribution is 2.20. The first-order chi connectivity index (χ1) is 14.0. The van der Waals surface area contributed by atoms with Gasteiger partial charge in [0, 0.05) is 11.6 Å². The van der Waals surface area contributed by atoms with Crippen molar-refractivity contribution >= 4 is 17.5 Å². The fourth-order valence-corrected chi connectivity index (χ4v) is 3.75. The molecule has 6 heteroatoms. The van der Waals surface area contributed by atoms with Crippen LogP contribution in [0.2, 0.25) is 0 Å². The number of methoxy groups -OCH3 is 1. The number of likely N-dealkylation sites (N-methyl/N-ethyl adjacent to an activating group) is 1. The maximum Gasteiger partial charge on any atom is 0.279 e. The molecule has 0 radical (unpaired) electrons.